The number of rotatable bonds is 6. The fourth-order valence-electron chi connectivity index (χ4n) is 2.78. The van der Waals surface area contributed by atoms with Crippen molar-refractivity contribution < 1.29 is 18.7 Å². The van der Waals surface area contributed by atoms with E-state index < -0.39 is 17.6 Å². The molecular formula is C23H19ClFN3O3S. The van der Waals surface area contributed by atoms with E-state index in [9.17, 15) is 14.0 Å². The second-order valence-electron chi connectivity index (χ2n) is 6.50. The molecule has 0 heterocycles. The number of anilines is 2. The van der Waals surface area contributed by atoms with Crippen molar-refractivity contribution in [2.75, 3.05) is 17.2 Å². The molecule has 0 unspecified atom stereocenters. The second kappa shape index (κ2) is 10.7. The number of hydrogen-bond donors (Lipinski definition) is 3. The number of ether oxygens (including phenoxy) is 1. The Morgan fingerprint density at radius 2 is 1.72 bits per heavy atom. The molecule has 0 saturated carbocycles. The zero-order valence-electron chi connectivity index (χ0n) is 16.9. The molecule has 0 aromatic heterocycles. The van der Waals surface area contributed by atoms with Crippen molar-refractivity contribution >= 4 is 52.1 Å². The number of amides is 2. The quantitative estimate of drug-likeness (QED) is 0.427. The van der Waals surface area contributed by atoms with Gasteiger partial charge in [-0.05, 0) is 67.7 Å². The van der Waals surface area contributed by atoms with Gasteiger partial charge in [-0.15, -0.1) is 0 Å². The minimum Gasteiger partial charge on any atom is -0.493 e. The van der Waals surface area contributed by atoms with Gasteiger partial charge in [-0.25, -0.2) is 4.39 Å². The molecular weight excluding hydrogens is 453 g/mol. The number of thiocarbonyl (C=S) groups is 1. The van der Waals surface area contributed by atoms with Gasteiger partial charge in [-0.1, -0.05) is 29.8 Å². The maximum atomic E-state index is 13.3. The van der Waals surface area contributed by atoms with Crippen LogP contribution in [0.25, 0.3) is 0 Å². The lowest BCUT2D eigenvalue weighted by molar-refractivity contribution is 0.0972. The zero-order valence-corrected chi connectivity index (χ0v) is 18.5. The van der Waals surface area contributed by atoms with Crippen LogP contribution in [-0.4, -0.2) is 23.5 Å². The molecule has 2 amide bonds. The van der Waals surface area contributed by atoms with Crippen LogP contribution < -0.4 is 20.7 Å². The summed E-state index contributed by atoms with van der Waals surface area (Å²) < 4.78 is 18.8. The highest BCUT2D eigenvalue weighted by Gasteiger charge is 2.14. The lowest BCUT2D eigenvalue weighted by Crippen LogP contribution is -2.34. The van der Waals surface area contributed by atoms with Crippen molar-refractivity contribution in [2.45, 2.75) is 6.92 Å². The number of carbonyl (C=O) groups is 2. The fourth-order valence-corrected chi connectivity index (χ4v) is 3.17. The number of benzene rings is 3. The Labute approximate surface area is 194 Å². The average molecular weight is 472 g/mol. The fraction of sp³-hybridized carbons (Fsp3) is 0.0870. The molecule has 0 aliphatic heterocycles. The van der Waals surface area contributed by atoms with Crippen molar-refractivity contribution in [3.8, 4) is 5.75 Å². The molecule has 0 spiro atoms. The van der Waals surface area contributed by atoms with E-state index in [0.717, 1.165) is 0 Å². The summed E-state index contributed by atoms with van der Waals surface area (Å²) in [5.41, 5.74) is 1.53. The molecule has 32 heavy (non-hydrogen) atoms. The highest BCUT2D eigenvalue weighted by molar-refractivity contribution is 7.80. The van der Waals surface area contributed by atoms with Crippen molar-refractivity contribution in [1.29, 1.82) is 0 Å². The van der Waals surface area contributed by atoms with Gasteiger partial charge in [0.1, 0.15) is 11.6 Å². The van der Waals surface area contributed by atoms with Gasteiger partial charge in [0.2, 0.25) is 0 Å². The van der Waals surface area contributed by atoms with Gasteiger partial charge >= 0.3 is 0 Å². The molecule has 6 nitrogen and oxygen atoms in total. The van der Waals surface area contributed by atoms with E-state index in [1.165, 1.54) is 18.2 Å². The highest BCUT2D eigenvalue weighted by Crippen LogP contribution is 2.21. The number of nitrogens with one attached hydrogen (secondary N) is 3. The molecule has 0 radical (unpaired) electrons. The van der Waals surface area contributed by atoms with Gasteiger partial charge in [-0.2, -0.15) is 0 Å². The minimum atomic E-state index is -0.574. The third-order valence-corrected chi connectivity index (χ3v) is 4.71. The molecule has 3 rings (SSSR count). The first kappa shape index (κ1) is 23.2. The Bertz CT molecular complexity index is 1170. The van der Waals surface area contributed by atoms with Crippen LogP contribution in [0.5, 0.6) is 5.75 Å². The zero-order chi connectivity index (χ0) is 23.1. The second-order valence-corrected chi connectivity index (χ2v) is 7.32. The van der Waals surface area contributed by atoms with E-state index in [4.69, 9.17) is 28.6 Å². The summed E-state index contributed by atoms with van der Waals surface area (Å²) in [6, 6.07) is 17.2. The van der Waals surface area contributed by atoms with E-state index in [0.29, 0.717) is 34.9 Å². The Kier molecular flexibility index (Phi) is 7.75. The smallest absolute Gasteiger partial charge is 0.261 e. The maximum absolute atomic E-state index is 13.3. The molecule has 0 aliphatic rings. The van der Waals surface area contributed by atoms with E-state index in [2.05, 4.69) is 16.0 Å². The van der Waals surface area contributed by atoms with Gasteiger partial charge in [0.25, 0.3) is 11.8 Å². The summed E-state index contributed by atoms with van der Waals surface area (Å²) in [7, 11) is 0. The van der Waals surface area contributed by atoms with Gasteiger partial charge in [0.05, 0.1) is 17.2 Å². The van der Waals surface area contributed by atoms with Crippen molar-refractivity contribution in [3.63, 3.8) is 0 Å². The van der Waals surface area contributed by atoms with Crippen LogP contribution in [0.4, 0.5) is 15.8 Å². The SMILES string of the molecule is CCOc1ccccc1C(=O)NC(=S)Nc1cccc(C(=O)Nc2ccc(F)c(Cl)c2)c1. The largest absolute Gasteiger partial charge is 0.493 e. The van der Waals surface area contributed by atoms with Crippen LogP contribution in [0.3, 0.4) is 0 Å². The Balaban J connectivity index is 1.65. The van der Waals surface area contributed by atoms with E-state index in [-0.39, 0.29) is 10.1 Å². The molecule has 0 fully saturated rings. The summed E-state index contributed by atoms with van der Waals surface area (Å²) in [5.74, 6) is -0.962. The summed E-state index contributed by atoms with van der Waals surface area (Å²) in [6.07, 6.45) is 0. The molecule has 0 bridgehead atoms. The maximum Gasteiger partial charge on any atom is 0.261 e. The molecule has 3 aromatic rings. The van der Waals surface area contributed by atoms with Crippen LogP contribution in [-0.2, 0) is 0 Å². The number of halogens is 2. The van der Waals surface area contributed by atoms with Gasteiger partial charge in [0.15, 0.2) is 5.11 Å². The van der Waals surface area contributed by atoms with Crippen molar-refractivity contribution in [1.82, 2.24) is 5.32 Å². The van der Waals surface area contributed by atoms with Gasteiger partial charge in [-0.3, -0.25) is 14.9 Å². The first-order valence-electron chi connectivity index (χ1n) is 9.58. The molecule has 0 saturated heterocycles. The molecule has 164 valence electrons. The average Bonchev–Trinajstić information content (AvgIpc) is 2.77. The predicted octanol–water partition coefficient (Wildman–Crippen LogP) is 5.26. The standard InChI is InChI=1S/C23H19ClFN3O3S/c1-2-31-20-9-4-3-8-17(20)22(30)28-23(32)27-15-7-5-6-14(12-15)21(29)26-16-10-11-19(25)18(24)13-16/h3-13H,2H2,1H3,(H,26,29)(H2,27,28,30,32). The molecule has 0 aliphatic carbocycles. The van der Waals surface area contributed by atoms with Crippen LogP contribution in [0.15, 0.2) is 66.7 Å². The van der Waals surface area contributed by atoms with Crippen molar-refractivity contribution in [2.24, 2.45) is 0 Å². The normalized spacial score (nSPS) is 10.2. The van der Waals surface area contributed by atoms with Crippen LogP contribution >= 0.6 is 23.8 Å². The molecule has 9 heteroatoms. The molecule has 0 atom stereocenters. The summed E-state index contributed by atoms with van der Waals surface area (Å²) in [6.45, 7) is 2.25. The minimum absolute atomic E-state index is 0.0594. The van der Waals surface area contributed by atoms with Crippen LogP contribution in [0.2, 0.25) is 5.02 Å². The predicted molar refractivity (Wildman–Crippen MR) is 127 cm³/mol. The molecule has 3 aromatic carbocycles. The van der Waals surface area contributed by atoms with E-state index in [1.54, 1.807) is 48.5 Å². The lowest BCUT2D eigenvalue weighted by Gasteiger charge is -2.13. The first-order valence-corrected chi connectivity index (χ1v) is 10.4. The van der Waals surface area contributed by atoms with E-state index in [1.807, 2.05) is 6.92 Å². The van der Waals surface area contributed by atoms with Gasteiger partial charge in [0, 0.05) is 16.9 Å². The first-order chi connectivity index (χ1) is 15.4. The van der Waals surface area contributed by atoms with Crippen molar-refractivity contribution in [3.05, 3.63) is 88.7 Å². The Morgan fingerprint density at radius 1 is 0.969 bits per heavy atom. The summed E-state index contributed by atoms with van der Waals surface area (Å²) in [5, 5.41) is 8.08. The molecule has 3 N–H and O–H groups in total. The number of hydrogen-bond acceptors (Lipinski definition) is 4. The monoisotopic (exact) mass is 471 g/mol. The van der Waals surface area contributed by atoms with E-state index >= 15 is 0 Å². The van der Waals surface area contributed by atoms with Gasteiger partial charge < -0.3 is 15.4 Å². The summed E-state index contributed by atoms with van der Waals surface area (Å²) in [4.78, 5) is 25.1. The highest BCUT2D eigenvalue weighted by atomic mass is 35.5. The topological polar surface area (TPSA) is 79.5 Å². The lowest BCUT2D eigenvalue weighted by atomic mass is 10.1. The Hall–Kier alpha value is -3.49. The number of carbonyl (C=O) groups excluding carboxylic acids is 2. The third-order valence-electron chi connectivity index (χ3n) is 4.22. The third kappa shape index (κ3) is 6.03. The van der Waals surface area contributed by atoms with Crippen LogP contribution in [0.1, 0.15) is 27.6 Å². The Morgan fingerprint density at radius 3 is 2.47 bits per heavy atom. The van der Waals surface area contributed by atoms with Crippen LogP contribution in [0, 0.1) is 5.82 Å². The number of para-hydroxylation sites is 1. The summed E-state index contributed by atoms with van der Waals surface area (Å²) >= 11 is 11.0.